The number of esters is 1. The third-order valence-corrected chi connectivity index (χ3v) is 2.01. The molecule has 18 heavy (non-hydrogen) atoms. The molecule has 0 atom stereocenters. The highest BCUT2D eigenvalue weighted by atomic mass is 16.6. The van der Waals surface area contributed by atoms with E-state index in [4.69, 9.17) is 9.26 Å². The second-order valence-electron chi connectivity index (χ2n) is 5.07. The van der Waals surface area contributed by atoms with E-state index in [1.165, 1.54) is 0 Å². The largest absolute Gasteiger partial charge is 0.460 e. The first kappa shape index (κ1) is 14.6. The van der Waals surface area contributed by atoms with Crippen LogP contribution in [0.25, 0.3) is 0 Å². The Hall–Kier alpha value is -1.43. The first-order valence-corrected chi connectivity index (χ1v) is 6.08. The predicted octanol–water partition coefficient (Wildman–Crippen LogP) is 1.24. The second kappa shape index (κ2) is 6.49. The van der Waals surface area contributed by atoms with Gasteiger partial charge in [0.2, 0.25) is 5.89 Å². The normalized spacial score (nSPS) is 11.6. The molecule has 0 aliphatic rings. The van der Waals surface area contributed by atoms with Crippen molar-refractivity contribution in [1.29, 1.82) is 0 Å². The number of rotatable bonds is 6. The van der Waals surface area contributed by atoms with E-state index in [-0.39, 0.29) is 5.97 Å². The van der Waals surface area contributed by atoms with E-state index in [1.54, 1.807) is 6.92 Å². The minimum Gasteiger partial charge on any atom is -0.460 e. The lowest BCUT2D eigenvalue weighted by atomic mass is 10.2. The summed E-state index contributed by atoms with van der Waals surface area (Å²) in [6, 6.07) is 0. The molecule has 1 heterocycles. The summed E-state index contributed by atoms with van der Waals surface area (Å²) in [5, 5.41) is 6.83. The van der Waals surface area contributed by atoms with Gasteiger partial charge in [0.05, 0.1) is 6.42 Å². The van der Waals surface area contributed by atoms with Gasteiger partial charge in [-0.15, -0.1) is 0 Å². The van der Waals surface area contributed by atoms with Crippen LogP contribution in [0.3, 0.4) is 0 Å². The number of aromatic nitrogens is 2. The standard InChI is InChI=1S/C12H21N3O3/c1-9-14-10(18-15-9)5-7-13-8-6-11(16)17-12(2,3)4/h13H,5-8H2,1-4H3. The van der Waals surface area contributed by atoms with Gasteiger partial charge in [-0.05, 0) is 27.7 Å². The summed E-state index contributed by atoms with van der Waals surface area (Å²) < 4.78 is 10.2. The Morgan fingerprint density at radius 2 is 2.11 bits per heavy atom. The SMILES string of the molecule is Cc1noc(CCNCCC(=O)OC(C)(C)C)n1. The molecule has 0 bridgehead atoms. The van der Waals surface area contributed by atoms with E-state index < -0.39 is 5.60 Å². The molecule has 1 N–H and O–H groups in total. The van der Waals surface area contributed by atoms with Gasteiger partial charge < -0.3 is 14.6 Å². The number of hydrogen-bond donors (Lipinski definition) is 1. The molecule has 0 aliphatic carbocycles. The quantitative estimate of drug-likeness (QED) is 0.608. The van der Waals surface area contributed by atoms with Crippen molar-refractivity contribution < 1.29 is 14.1 Å². The Morgan fingerprint density at radius 1 is 1.39 bits per heavy atom. The molecule has 1 aromatic rings. The Morgan fingerprint density at radius 3 is 2.67 bits per heavy atom. The lowest BCUT2D eigenvalue weighted by Gasteiger charge is -2.19. The van der Waals surface area contributed by atoms with Gasteiger partial charge in [-0.1, -0.05) is 5.16 Å². The average Bonchev–Trinajstić information content (AvgIpc) is 2.61. The van der Waals surface area contributed by atoms with Crippen molar-refractivity contribution in [2.75, 3.05) is 13.1 Å². The lowest BCUT2D eigenvalue weighted by Crippen LogP contribution is -2.27. The molecule has 1 aromatic heterocycles. The van der Waals surface area contributed by atoms with Crippen molar-refractivity contribution in [2.24, 2.45) is 0 Å². The summed E-state index contributed by atoms with van der Waals surface area (Å²) in [7, 11) is 0. The zero-order chi connectivity index (χ0) is 13.6. The summed E-state index contributed by atoms with van der Waals surface area (Å²) in [6.07, 6.45) is 1.02. The molecule has 1 rings (SSSR count). The number of nitrogens with one attached hydrogen (secondary N) is 1. The maximum Gasteiger partial charge on any atom is 0.307 e. The molecule has 6 nitrogen and oxygen atoms in total. The van der Waals surface area contributed by atoms with Crippen LogP contribution in [-0.4, -0.2) is 34.8 Å². The van der Waals surface area contributed by atoms with Crippen LogP contribution in [0.5, 0.6) is 0 Å². The van der Waals surface area contributed by atoms with Crippen LogP contribution < -0.4 is 5.32 Å². The molecule has 0 aromatic carbocycles. The van der Waals surface area contributed by atoms with Crippen LogP contribution >= 0.6 is 0 Å². The van der Waals surface area contributed by atoms with Crippen LogP contribution in [0.1, 0.15) is 38.9 Å². The first-order chi connectivity index (χ1) is 8.37. The third-order valence-electron chi connectivity index (χ3n) is 2.01. The van der Waals surface area contributed by atoms with Gasteiger partial charge >= 0.3 is 5.97 Å². The highest BCUT2D eigenvalue weighted by Crippen LogP contribution is 2.07. The molecule has 0 radical (unpaired) electrons. The van der Waals surface area contributed by atoms with Gasteiger partial charge in [0, 0.05) is 19.5 Å². The Bertz CT molecular complexity index is 382. The Kier molecular flexibility index (Phi) is 5.27. The number of nitrogens with zero attached hydrogens (tertiary/aromatic N) is 2. The van der Waals surface area contributed by atoms with Gasteiger partial charge in [0.15, 0.2) is 5.82 Å². The van der Waals surface area contributed by atoms with Gasteiger partial charge in [0.1, 0.15) is 5.60 Å². The molecule has 102 valence electrons. The third kappa shape index (κ3) is 6.34. The van der Waals surface area contributed by atoms with E-state index in [9.17, 15) is 4.79 Å². The average molecular weight is 255 g/mol. The van der Waals surface area contributed by atoms with E-state index in [0.29, 0.717) is 37.6 Å². The fraction of sp³-hybridized carbons (Fsp3) is 0.750. The smallest absolute Gasteiger partial charge is 0.307 e. The van der Waals surface area contributed by atoms with Crippen molar-refractivity contribution in [3.63, 3.8) is 0 Å². The number of ether oxygens (including phenoxy) is 1. The zero-order valence-corrected chi connectivity index (χ0v) is 11.4. The molecule has 0 spiro atoms. The van der Waals surface area contributed by atoms with Gasteiger partial charge in [0.25, 0.3) is 0 Å². The highest BCUT2D eigenvalue weighted by Gasteiger charge is 2.15. The second-order valence-corrected chi connectivity index (χ2v) is 5.07. The van der Waals surface area contributed by atoms with Crippen LogP contribution in [0.4, 0.5) is 0 Å². The zero-order valence-electron chi connectivity index (χ0n) is 11.4. The highest BCUT2D eigenvalue weighted by molar-refractivity contribution is 5.70. The Balaban J connectivity index is 2.07. The molecule has 0 saturated carbocycles. The van der Waals surface area contributed by atoms with Crippen molar-refractivity contribution in [3.05, 3.63) is 11.7 Å². The summed E-state index contributed by atoms with van der Waals surface area (Å²) in [6.45, 7) is 8.64. The minimum absolute atomic E-state index is 0.191. The summed E-state index contributed by atoms with van der Waals surface area (Å²) in [5.74, 6) is 1.06. The van der Waals surface area contributed by atoms with Crippen molar-refractivity contribution in [1.82, 2.24) is 15.5 Å². The van der Waals surface area contributed by atoms with Gasteiger partial charge in [-0.3, -0.25) is 4.79 Å². The Labute approximate surface area is 107 Å². The molecule has 6 heteroatoms. The van der Waals surface area contributed by atoms with E-state index in [0.717, 1.165) is 0 Å². The first-order valence-electron chi connectivity index (χ1n) is 6.08. The summed E-state index contributed by atoms with van der Waals surface area (Å²) in [4.78, 5) is 15.5. The topological polar surface area (TPSA) is 77.2 Å². The molecule has 0 saturated heterocycles. The number of hydrogen-bond acceptors (Lipinski definition) is 6. The molecular weight excluding hydrogens is 234 g/mol. The monoisotopic (exact) mass is 255 g/mol. The van der Waals surface area contributed by atoms with Crippen LogP contribution in [0.15, 0.2) is 4.52 Å². The van der Waals surface area contributed by atoms with Crippen molar-refractivity contribution in [3.8, 4) is 0 Å². The fourth-order valence-corrected chi connectivity index (χ4v) is 1.34. The lowest BCUT2D eigenvalue weighted by molar-refractivity contribution is -0.154. The van der Waals surface area contributed by atoms with E-state index in [1.807, 2.05) is 20.8 Å². The van der Waals surface area contributed by atoms with Crippen molar-refractivity contribution >= 4 is 5.97 Å². The molecule has 0 aliphatic heterocycles. The number of carbonyl (C=O) groups excluding carboxylic acids is 1. The van der Waals surface area contributed by atoms with Crippen molar-refractivity contribution in [2.45, 2.75) is 46.1 Å². The van der Waals surface area contributed by atoms with Crippen LogP contribution in [0, 0.1) is 6.92 Å². The predicted molar refractivity (Wildman–Crippen MR) is 66.1 cm³/mol. The maximum absolute atomic E-state index is 11.4. The van der Waals surface area contributed by atoms with E-state index >= 15 is 0 Å². The van der Waals surface area contributed by atoms with Crippen LogP contribution in [-0.2, 0) is 16.0 Å². The summed E-state index contributed by atoms with van der Waals surface area (Å²) >= 11 is 0. The van der Waals surface area contributed by atoms with Gasteiger partial charge in [-0.25, -0.2) is 0 Å². The van der Waals surface area contributed by atoms with Crippen LogP contribution in [0.2, 0.25) is 0 Å². The van der Waals surface area contributed by atoms with E-state index in [2.05, 4.69) is 15.5 Å². The molecule has 0 amide bonds. The molecule has 0 fully saturated rings. The fourth-order valence-electron chi connectivity index (χ4n) is 1.34. The number of carbonyl (C=O) groups is 1. The number of aryl methyl sites for hydroxylation is 1. The molecular formula is C12H21N3O3. The van der Waals surface area contributed by atoms with Gasteiger partial charge in [-0.2, -0.15) is 4.98 Å². The molecule has 0 unspecified atom stereocenters. The maximum atomic E-state index is 11.4. The summed E-state index contributed by atoms with van der Waals surface area (Å²) in [5.41, 5.74) is -0.418. The minimum atomic E-state index is -0.418.